The van der Waals surface area contributed by atoms with Crippen LogP contribution in [-0.4, -0.2) is 44.0 Å². The van der Waals surface area contributed by atoms with E-state index in [2.05, 4.69) is 20.9 Å². The zero-order valence-corrected chi connectivity index (χ0v) is 15.4. The van der Waals surface area contributed by atoms with Gasteiger partial charge in [0, 0.05) is 26.4 Å². The van der Waals surface area contributed by atoms with Gasteiger partial charge in [0.2, 0.25) is 10.0 Å². The molecule has 1 saturated heterocycles. The molecule has 1 aromatic rings. The lowest BCUT2D eigenvalue weighted by Gasteiger charge is -2.51. The third kappa shape index (κ3) is 2.94. The van der Waals surface area contributed by atoms with Crippen LogP contribution >= 0.6 is 27.5 Å². The summed E-state index contributed by atoms with van der Waals surface area (Å²) in [4.78, 5) is 4.10. The first kappa shape index (κ1) is 16.6. The van der Waals surface area contributed by atoms with Crippen molar-refractivity contribution in [1.29, 1.82) is 0 Å². The Kier molecular flexibility index (Phi) is 4.55. The number of halogens is 2. The van der Waals surface area contributed by atoms with Gasteiger partial charge in [-0.1, -0.05) is 11.6 Å². The fraction of sp³-hybridized carbons (Fsp3) is 0.643. The van der Waals surface area contributed by atoms with Crippen LogP contribution in [0.5, 0.6) is 0 Å². The van der Waals surface area contributed by atoms with E-state index in [4.69, 9.17) is 16.3 Å². The van der Waals surface area contributed by atoms with Crippen LogP contribution in [0.1, 0.15) is 25.7 Å². The standard InChI is InChI=1S/C14H18BrClN2O3S/c1-21-10-7-14(8-10)2-4-18(5-3-14)22(19,20)11-6-12(15)13(16)17-9-11/h6,9-10H,2-5,7-8H2,1H3. The molecule has 0 unspecified atom stereocenters. The third-order valence-corrected chi connectivity index (χ3v) is 7.84. The molecule has 22 heavy (non-hydrogen) atoms. The van der Waals surface area contributed by atoms with Crippen LogP contribution in [0.2, 0.25) is 5.15 Å². The molecular formula is C14H18BrClN2O3S. The highest BCUT2D eigenvalue weighted by atomic mass is 79.9. The molecule has 0 atom stereocenters. The molecule has 0 amide bonds. The predicted molar refractivity (Wildman–Crippen MR) is 87.4 cm³/mol. The summed E-state index contributed by atoms with van der Waals surface area (Å²) in [6.07, 6.45) is 5.55. The smallest absolute Gasteiger partial charge is 0.244 e. The number of aromatic nitrogens is 1. The van der Waals surface area contributed by atoms with Gasteiger partial charge in [0.1, 0.15) is 10.0 Å². The summed E-state index contributed by atoms with van der Waals surface area (Å²) in [5, 5.41) is 0.261. The van der Waals surface area contributed by atoms with Gasteiger partial charge in [0.05, 0.1) is 10.6 Å². The Labute approximate surface area is 144 Å². The fourth-order valence-electron chi connectivity index (χ4n) is 3.38. The van der Waals surface area contributed by atoms with E-state index in [9.17, 15) is 8.42 Å². The van der Waals surface area contributed by atoms with E-state index in [1.54, 1.807) is 11.4 Å². The predicted octanol–water partition coefficient (Wildman–Crippen LogP) is 3.08. The van der Waals surface area contributed by atoms with Crippen LogP contribution in [0.4, 0.5) is 0 Å². The van der Waals surface area contributed by atoms with Crippen molar-refractivity contribution in [2.24, 2.45) is 5.41 Å². The van der Waals surface area contributed by atoms with Crippen molar-refractivity contribution in [1.82, 2.24) is 9.29 Å². The summed E-state index contributed by atoms with van der Waals surface area (Å²) in [6.45, 7) is 1.11. The number of rotatable bonds is 3. The highest BCUT2D eigenvalue weighted by Gasteiger charge is 2.47. The molecule has 122 valence electrons. The number of nitrogens with zero attached hydrogens (tertiary/aromatic N) is 2. The number of hydrogen-bond acceptors (Lipinski definition) is 4. The van der Waals surface area contributed by atoms with Crippen molar-refractivity contribution in [3.63, 3.8) is 0 Å². The average Bonchev–Trinajstić information content (AvgIpc) is 2.47. The molecule has 2 fully saturated rings. The normalized spacial score (nSPS) is 22.7. The van der Waals surface area contributed by atoms with Gasteiger partial charge in [-0.25, -0.2) is 13.4 Å². The first-order valence-electron chi connectivity index (χ1n) is 7.20. The lowest BCUT2D eigenvalue weighted by atomic mass is 9.62. The van der Waals surface area contributed by atoms with Gasteiger partial charge >= 0.3 is 0 Å². The average molecular weight is 410 g/mol. The van der Waals surface area contributed by atoms with Gasteiger partial charge in [-0.2, -0.15) is 4.31 Å². The Morgan fingerprint density at radius 2 is 2.05 bits per heavy atom. The summed E-state index contributed by atoms with van der Waals surface area (Å²) >= 11 is 9.05. The summed E-state index contributed by atoms with van der Waals surface area (Å²) in [6, 6.07) is 1.51. The zero-order chi connectivity index (χ0) is 16.0. The van der Waals surface area contributed by atoms with E-state index >= 15 is 0 Å². The zero-order valence-electron chi connectivity index (χ0n) is 12.3. The maximum atomic E-state index is 12.7. The molecule has 1 aliphatic heterocycles. The summed E-state index contributed by atoms with van der Waals surface area (Å²) in [5.74, 6) is 0. The molecule has 0 bridgehead atoms. The summed E-state index contributed by atoms with van der Waals surface area (Å²) < 4.78 is 32.8. The van der Waals surface area contributed by atoms with Crippen LogP contribution < -0.4 is 0 Å². The van der Waals surface area contributed by atoms with Crippen molar-refractivity contribution in [3.05, 3.63) is 21.9 Å². The van der Waals surface area contributed by atoms with E-state index < -0.39 is 10.0 Å². The monoisotopic (exact) mass is 408 g/mol. The van der Waals surface area contributed by atoms with Crippen LogP contribution in [-0.2, 0) is 14.8 Å². The lowest BCUT2D eigenvalue weighted by molar-refractivity contribution is -0.0804. The Hall–Kier alpha value is -0.210. The van der Waals surface area contributed by atoms with E-state index in [0.717, 1.165) is 25.7 Å². The molecule has 1 aliphatic carbocycles. The van der Waals surface area contributed by atoms with Crippen molar-refractivity contribution < 1.29 is 13.2 Å². The number of sulfonamides is 1. The topological polar surface area (TPSA) is 59.5 Å². The summed E-state index contributed by atoms with van der Waals surface area (Å²) in [7, 11) is -1.77. The Balaban J connectivity index is 1.71. The molecular weight excluding hydrogens is 392 g/mol. The van der Waals surface area contributed by atoms with Crippen molar-refractivity contribution >= 4 is 37.6 Å². The second-order valence-corrected chi connectivity index (χ2v) is 9.26. The van der Waals surface area contributed by atoms with Crippen LogP contribution in [0, 0.1) is 5.41 Å². The molecule has 2 heterocycles. The molecule has 1 saturated carbocycles. The Morgan fingerprint density at radius 1 is 1.41 bits per heavy atom. The number of pyridine rings is 1. The van der Waals surface area contributed by atoms with Gasteiger partial charge in [0.25, 0.3) is 0 Å². The largest absolute Gasteiger partial charge is 0.381 e. The quantitative estimate of drug-likeness (QED) is 0.720. The lowest BCUT2D eigenvalue weighted by Crippen LogP contribution is -2.50. The van der Waals surface area contributed by atoms with Crippen molar-refractivity contribution in [3.8, 4) is 0 Å². The highest BCUT2D eigenvalue weighted by molar-refractivity contribution is 9.10. The number of piperidine rings is 1. The molecule has 5 nitrogen and oxygen atoms in total. The molecule has 0 N–H and O–H groups in total. The van der Waals surface area contributed by atoms with Gasteiger partial charge in [-0.15, -0.1) is 0 Å². The van der Waals surface area contributed by atoms with Crippen LogP contribution in [0.3, 0.4) is 0 Å². The molecule has 1 spiro atoms. The van der Waals surface area contributed by atoms with Crippen LogP contribution in [0.25, 0.3) is 0 Å². The van der Waals surface area contributed by atoms with E-state index in [0.29, 0.717) is 23.7 Å². The molecule has 3 rings (SSSR count). The van der Waals surface area contributed by atoms with Gasteiger partial charge in [0.15, 0.2) is 0 Å². The van der Waals surface area contributed by atoms with E-state index in [-0.39, 0.29) is 15.5 Å². The summed E-state index contributed by atoms with van der Waals surface area (Å²) in [5.41, 5.74) is 0.283. The Bertz CT molecular complexity index is 667. The van der Waals surface area contributed by atoms with Crippen molar-refractivity contribution in [2.75, 3.05) is 20.2 Å². The maximum absolute atomic E-state index is 12.7. The fourth-order valence-corrected chi connectivity index (χ4v) is 5.39. The van der Waals surface area contributed by atoms with E-state index in [1.807, 2.05) is 0 Å². The van der Waals surface area contributed by atoms with Gasteiger partial charge < -0.3 is 4.74 Å². The minimum atomic E-state index is -3.50. The number of hydrogen-bond donors (Lipinski definition) is 0. The van der Waals surface area contributed by atoms with E-state index in [1.165, 1.54) is 12.3 Å². The molecule has 0 radical (unpaired) electrons. The first-order valence-corrected chi connectivity index (χ1v) is 9.81. The molecule has 1 aromatic heterocycles. The molecule has 8 heteroatoms. The van der Waals surface area contributed by atoms with Crippen LogP contribution in [0.15, 0.2) is 21.6 Å². The minimum absolute atomic E-state index is 0.183. The Morgan fingerprint density at radius 3 is 2.59 bits per heavy atom. The number of ether oxygens (including phenoxy) is 1. The SMILES string of the molecule is COC1CC2(CCN(S(=O)(=O)c3cnc(Cl)c(Br)c3)CC2)C1. The van der Waals surface area contributed by atoms with Gasteiger partial charge in [-0.3, -0.25) is 0 Å². The number of methoxy groups -OCH3 is 1. The molecule has 2 aliphatic rings. The highest BCUT2D eigenvalue weighted by Crippen LogP contribution is 2.50. The minimum Gasteiger partial charge on any atom is -0.381 e. The first-order chi connectivity index (χ1) is 10.4. The van der Waals surface area contributed by atoms with Crippen molar-refractivity contribution in [2.45, 2.75) is 36.7 Å². The molecule has 0 aromatic carbocycles. The van der Waals surface area contributed by atoms with Gasteiger partial charge in [-0.05, 0) is 53.1 Å². The maximum Gasteiger partial charge on any atom is 0.244 e. The second-order valence-electron chi connectivity index (χ2n) is 6.11. The second kappa shape index (κ2) is 6.02. The third-order valence-electron chi connectivity index (χ3n) is 4.85.